The lowest BCUT2D eigenvalue weighted by molar-refractivity contribution is 0.738. The Bertz CT molecular complexity index is 936. The fourth-order valence-electron chi connectivity index (χ4n) is 2.69. The molecule has 0 saturated heterocycles. The summed E-state index contributed by atoms with van der Waals surface area (Å²) >= 11 is 7.90. The molecule has 0 aliphatic carbocycles. The van der Waals surface area contributed by atoms with Crippen LogP contribution >= 0.6 is 23.4 Å². The van der Waals surface area contributed by atoms with Crippen LogP contribution in [0.4, 0.5) is 0 Å². The summed E-state index contributed by atoms with van der Waals surface area (Å²) in [5.41, 5.74) is 2.92. The minimum absolute atomic E-state index is 0.0114. The van der Waals surface area contributed by atoms with Gasteiger partial charge >= 0.3 is 0 Å². The lowest BCUT2D eigenvalue weighted by Crippen LogP contribution is -2.21. The van der Waals surface area contributed by atoms with Gasteiger partial charge in [0.2, 0.25) is 0 Å². The first-order valence-electron chi connectivity index (χ1n) is 8.01. The van der Waals surface area contributed by atoms with Gasteiger partial charge in [0.15, 0.2) is 0 Å². The van der Waals surface area contributed by atoms with E-state index in [0.29, 0.717) is 17.0 Å². The van der Waals surface area contributed by atoms with E-state index in [1.807, 2.05) is 36.4 Å². The molecule has 0 aliphatic rings. The molecule has 1 aromatic heterocycles. The van der Waals surface area contributed by atoms with Crippen LogP contribution in [0, 0.1) is 0 Å². The van der Waals surface area contributed by atoms with Crippen molar-refractivity contribution >= 4 is 34.3 Å². The zero-order chi connectivity index (χ0) is 17.1. The second-order valence-electron chi connectivity index (χ2n) is 5.57. The largest absolute Gasteiger partial charge is 0.294 e. The molecule has 1 heterocycles. The molecule has 0 N–H and O–H groups in total. The number of fused-ring (bicyclic) bond motifs is 1. The second kappa shape index (κ2) is 7.41. The topological polar surface area (TPSA) is 34.9 Å². The van der Waals surface area contributed by atoms with Crippen LogP contribution < -0.4 is 5.56 Å². The molecule has 0 aliphatic heterocycles. The van der Waals surface area contributed by atoms with Crippen LogP contribution in [0.1, 0.15) is 25.0 Å². The van der Waals surface area contributed by atoms with Crippen LogP contribution in [-0.4, -0.2) is 15.3 Å². The van der Waals surface area contributed by atoms with Gasteiger partial charge in [-0.25, -0.2) is 4.98 Å². The molecule has 124 valence electrons. The summed E-state index contributed by atoms with van der Waals surface area (Å²) in [6.45, 7) is 4.66. The summed E-state index contributed by atoms with van der Waals surface area (Å²) in [4.78, 5) is 18.4. The van der Waals surface area contributed by atoms with Gasteiger partial charge < -0.3 is 0 Å². The summed E-state index contributed by atoms with van der Waals surface area (Å²) in [7, 11) is 0. The zero-order valence-corrected chi connectivity index (χ0v) is 15.3. The molecular weight excluding hydrogens is 340 g/mol. The smallest absolute Gasteiger partial charge is 0.261 e. The number of rotatable bonds is 5. The van der Waals surface area contributed by atoms with Gasteiger partial charge in [0.1, 0.15) is 0 Å². The maximum absolute atomic E-state index is 12.8. The molecule has 0 bridgehead atoms. The molecule has 0 saturated carbocycles. The van der Waals surface area contributed by atoms with Crippen LogP contribution in [0.15, 0.2) is 52.4 Å². The molecule has 0 fully saturated rings. The number of aromatic nitrogens is 2. The van der Waals surface area contributed by atoms with Gasteiger partial charge in [-0.2, -0.15) is 0 Å². The molecule has 3 rings (SSSR count). The van der Waals surface area contributed by atoms with E-state index >= 15 is 0 Å². The maximum atomic E-state index is 12.8. The van der Waals surface area contributed by atoms with Gasteiger partial charge in [0.05, 0.1) is 23.8 Å². The van der Waals surface area contributed by atoms with E-state index in [0.717, 1.165) is 33.7 Å². The second-order valence-corrected chi connectivity index (χ2v) is 7.31. The minimum Gasteiger partial charge on any atom is -0.294 e. The average Bonchev–Trinajstić information content (AvgIpc) is 2.59. The normalized spacial score (nSPS) is 11.1. The monoisotopic (exact) mass is 358 g/mol. The first-order chi connectivity index (χ1) is 11.6. The van der Waals surface area contributed by atoms with E-state index in [4.69, 9.17) is 11.6 Å². The zero-order valence-electron chi connectivity index (χ0n) is 13.8. The number of hydrogen-bond donors (Lipinski definition) is 0. The third-order valence-corrected chi connectivity index (χ3v) is 5.19. The Kier molecular flexibility index (Phi) is 5.27. The number of benzene rings is 2. The highest BCUT2D eigenvalue weighted by atomic mass is 35.5. The van der Waals surface area contributed by atoms with Crippen LogP contribution in [0.5, 0.6) is 0 Å². The predicted molar refractivity (Wildman–Crippen MR) is 102 cm³/mol. The molecular formula is C19H19ClN2OS. The van der Waals surface area contributed by atoms with E-state index in [-0.39, 0.29) is 5.56 Å². The van der Waals surface area contributed by atoms with Crippen molar-refractivity contribution in [2.45, 2.75) is 31.7 Å². The molecule has 0 amide bonds. The van der Waals surface area contributed by atoms with Gasteiger partial charge in [-0.15, -0.1) is 11.8 Å². The quantitative estimate of drug-likeness (QED) is 0.616. The minimum atomic E-state index is -0.0114. The van der Waals surface area contributed by atoms with Crippen LogP contribution in [-0.2, 0) is 13.0 Å². The van der Waals surface area contributed by atoms with Crippen LogP contribution in [0.3, 0.4) is 0 Å². The van der Waals surface area contributed by atoms with Crippen molar-refractivity contribution in [2.24, 2.45) is 0 Å². The number of thioether (sulfide) groups is 1. The number of nitrogens with zero attached hydrogens (tertiary/aromatic N) is 2. The molecule has 3 nitrogen and oxygen atoms in total. The SMILES string of the molecule is CCSc1ccc(Cl)cc1Cn1cnc2ccc(CC)cc2c1=O. The van der Waals surface area contributed by atoms with E-state index < -0.39 is 0 Å². The predicted octanol–water partition coefficient (Wildman–Crippen LogP) is 4.77. The average molecular weight is 359 g/mol. The molecule has 5 heteroatoms. The van der Waals surface area contributed by atoms with E-state index in [1.54, 1.807) is 22.7 Å². The van der Waals surface area contributed by atoms with Crippen LogP contribution in [0.2, 0.25) is 5.02 Å². The van der Waals surface area contributed by atoms with Crippen molar-refractivity contribution in [1.82, 2.24) is 9.55 Å². The van der Waals surface area contributed by atoms with Crippen molar-refractivity contribution < 1.29 is 0 Å². The standard InChI is InChI=1S/C19H19ClN2OS/c1-3-13-5-7-17-16(9-13)19(23)22(12-21-17)11-14-10-15(20)6-8-18(14)24-4-2/h5-10,12H,3-4,11H2,1-2H3. The van der Waals surface area contributed by atoms with Crippen molar-refractivity contribution in [1.29, 1.82) is 0 Å². The summed E-state index contributed by atoms with van der Waals surface area (Å²) < 4.78 is 1.66. The Balaban J connectivity index is 2.06. The molecule has 0 unspecified atom stereocenters. The Morgan fingerprint density at radius 3 is 2.75 bits per heavy atom. The molecule has 0 atom stereocenters. The Morgan fingerprint density at radius 1 is 1.17 bits per heavy atom. The molecule has 24 heavy (non-hydrogen) atoms. The summed E-state index contributed by atoms with van der Waals surface area (Å²) in [6.07, 6.45) is 2.52. The first-order valence-corrected chi connectivity index (χ1v) is 9.38. The number of aryl methyl sites for hydroxylation is 1. The van der Waals surface area contributed by atoms with Gasteiger partial charge in [-0.3, -0.25) is 9.36 Å². The Hall–Kier alpha value is -1.78. The van der Waals surface area contributed by atoms with Crippen molar-refractivity contribution in [3.05, 3.63) is 69.2 Å². The van der Waals surface area contributed by atoms with E-state index in [1.165, 1.54) is 0 Å². The van der Waals surface area contributed by atoms with Gasteiger partial charge in [0, 0.05) is 9.92 Å². The van der Waals surface area contributed by atoms with Gasteiger partial charge in [0.25, 0.3) is 5.56 Å². The van der Waals surface area contributed by atoms with Crippen molar-refractivity contribution in [3.8, 4) is 0 Å². The maximum Gasteiger partial charge on any atom is 0.261 e. The fourth-order valence-corrected chi connectivity index (χ4v) is 3.67. The van der Waals surface area contributed by atoms with Crippen LogP contribution in [0.25, 0.3) is 10.9 Å². The molecule has 2 aromatic carbocycles. The Morgan fingerprint density at radius 2 is 2.00 bits per heavy atom. The molecule has 0 radical (unpaired) electrons. The van der Waals surface area contributed by atoms with E-state index in [9.17, 15) is 4.79 Å². The first kappa shape index (κ1) is 17.1. The van der Waals surface area contributed by atoms with Gasteiger partial charge in [-0.1, -0.05) is 31.5 Å². The van der Waals surface area contributed by atoms with E-state index in [2.05, 4.69) is 18.8 Å². The lowest BCUT2D eigenvalue weighted by atomic mass is 10.1. The third kappa shape index (κ3) is 3.50. The van der Waals surface area contributed by atoms with Gasteiger partial charge in [-0.05, 0) is 53.6 Å². The summed E-state index contributed by atoms with van der Waals surface area (Å²) in [5.74, 6) is 0.972. The summed E-state index contributed by atoms with van der Waals surface area (Å²) in [5, 5.41) is 1.35. The van der Waals surface area contributed by atoms with Crippen molar-refractivity contribution in [2.75, 3.05) is 5.75 Å². The highest BCUT2D eigenvalue weighted by Gasteiger charge is 2.09. The number of hydrogen-bond acceptors (Lipinski definition) is 3. The Labute approximate surface area is 150 Å². The third-order valence-electron chi connectivity index (χ3n) is 3.96. The highest BCUT2D eigenvalue weighted by molar-refractivity contribution is 7.99. The summed E-state index contributed by atoms with van der Waals surface area (Å²) in [6, 6.07) is 11.7. The number of halogens is 1. The fraction of sp³-hybridized carbons (Fsp3) is 0.263. The highest BCUT2D eigenvalue weighted by Crippen LogP contribution is 2.26. The molecule has 3 aromatic rings. The lowest BCUT2D eigenvalue weighted by Gasteiger charge is -2.12. The van der Waals surface area contributed by atoms with Crippen molar-refractivity contribution in [3.63, 3.8) is 0 Å². The molecule has 0 spiro atoms.